The molecule has 1 saturated heterocycles. The first-order chi connectivity index (χ1) is 12.7. The number of nitrogens with zero attached hydrogens (tertiary/aromatic N) is 4. The highest BCUT2D eigenvalue weighted by Gasteiger charge is 2.29. The fraction of sp³-hybridized carbons (Fsp3) is 0.350. The number of hydrogen-bond donors (Lipinski definition) is 0. The van der Waals surface area contributed by atoms with Gasteiger partial charge in [-0.05, 0) is 43.0 Å². The van der Waals surface area contributed by atoms with Crippen molar-refractivity contribution in [3.05, 3.63) is 60.0 Å². The van der Waals surface area contributed by atoms with E-state index in [1.54, 1.807) is 17.8 Å². The van der Waals surface area contributed by atoms with Crippen LogP contribution < -0.4 is 4.74 Å². The van der Waals surface area contributed by atoms with Crippen LogP contribution in [0.2, 0.25) is 0 Å². The van der Waals surface area contributed by atoms with E-state index >= 15 is 0 Å². The Labute approximate surface area is 152 Å². The first-order valence-corrected chi connectivity index (χ1v) is 8.97. The summed E-state index contributed by atoms with van der Waals surface area (Å²) >= 11 is 0. The lowest BCUT2D eigenvalue weighted by Crippen LogP contribution is -2.39. The lowest BCUT2D eigenvalue weighted by molar-refractivity contribution is -0.134. The van der Waals surface area contributed by atoms with Crippen LogP contribution in [0, 0.1) is 0 Å². The van der Waals surface area contributed by atoms with Gasteiger partial charge in [-0.15, -0.1) is 0 Å². The lowest BCUT2D eigenvalue weighted by atomic mass is 9.98. The second kappa shape index (κ2) is 7.15. The Hall–Kier alpha value is -2.89. The molecule has 0 aliphatic carbocycles. The number of carbonyl (C=O) groups excluding carboxylic acids is 1. The molecular formula is C20H22N4O2. The molecule has 134 valence electrons. The number of likely N-dealkylation sites (tertiary alicyclic amines) is 1. The van der Waals surface area contributed by atoms with Crippen LogP contribution >= 0.6 is 0 Å². The predicted molar refractivity (Wildman–Crippen MR) is 98.0 cm³/mol. The van der Waals surface area contributed by atoms with Crippen LogP contribution in [0.1, 0.15) is 36.6 Å². The molecule has 4 rings (SSSR count). The summed E-state index contributed by atoms with van der Waals surface area (Å²) < 4.78 is 7.01. The first kappa shape index (κ1) is 16.6. The first-order valence-electron chi connectivity index (χ1n) is 8.97. The van der Waals surface area contributed by atoms with Crippen LogP contribution in [-0.4, -0.2) is 39.1 Å². The van der Waals surface area contributed by atoms with E-state index in [2.05, 4.69) is 5.10 Å². The van der Waals surface area contributed by atoms with Crippen LogP contribution in [0.25, 0.3) is 5.65 Å². The quantitative estimate of drug-likeness (QED) is 0.726. The van der Waals surface area contributed by atoms with Crippen LogP contribution in [0.3, 0.4) is 0 Å². The Balaban J connectivity index is 1.57. The van der Waals surface area contributed by atoms with Gasteiger partial charge < -0.3 is 9.64 Å². The van der Waals surface area contributed by atoms with Crippen molar-refractivity contribution in [2.75, 3.05) is 13.7 Å². The molecule has 6 heteroatoms. The van der Waals surface area contributed by atoms with Crippen LogP contribution in [0.4, 0.5) is 0 Å². The summed E-state index contributed by atoms with van der Waals surface area (Å²) in [5.41, 5.74) is 2.72. The van der Waals surface area contributed by atoms with Gasteiger partial charge in [-0.3, -0.25) is 4.79 Å². The highest BCUT2D eigenvalue weighted by Crippen LogP contribution is 2.30. The highest BCUT2D eigenvalue weighted by atomic mass is 16.5. The minimum absolute atomic E-state index is 0.0294. The van der Waals surface area contributed by atoms with Crippen molar-refractivity contribution in [1.82, 2.24) is 19.5 Å². The summed E-state index contributed by atoms with van der Waals surface area (Å²) in [7, 11) is 1.64. The van der Waals surface area contributed by atoms with Gasteiger partial charge in [-0.1, -0.05) is 12.1 Å². The van der Waals surface area contributed by atoms with Crippen LogP contribution in [-0.2, 0) is 11.2 Å². The molecule has 0 radical (unpaired) electrons. The van der Waals surface area contributed by atoms with Crippen molar-refractivity contribution >= 4 is 11.6 Å². The Kier molecular flexibility index (Phi) is 4.56. The molecule has 1 aliphatic rings. The number of amides is 1. The van der Waals surface area contributed by atoms with Gasteiger partial charge in [0.05, 0.1) is 31.5 Å². The van der Waals surface area contributed by atoms with E-state index in [0.29, 0.717) is 6.42 Å². The Morgan fingerprint density at radius 1 is 1.27 bits per heavy atom. The third kappa shape index (κ3) is 3.27. The maximum absolute atomic E-state index is 13.0. The largest absolute Gasteiger partial charge is 0.497 e. The Morgan fingerprint density at radius 2 is 2.19 bits per heavy atom. The monoisotopic (exact) mass is 350 g/mol. The third-order valence-electron chi connectivity index (χ3n) is 4.93. The lowest BCUT2D eigenvalue weighted by Gasteiger charge is -2.35. The second-order valence-corrected chi connectivity index (χ2v) is 6.61. The number of piperidine rings is 1. The number of ether oxygens (including phenoxy) is 1. The predicted octanol–water partition coefficient (Wildman–Crippen LogP) is 3.03. The molecule has 1 atom stereocenters. The molecule has 1 aliphatic heterocycles. The minimum Gasteiger partial charge on any atom is -0.497 e. The van der Waals surface area contributed by atoms with Gasteiger partial charge >= 0.3 is 0 Å². The zero-order valence-electron chi connectivity index (χ0n) is 14.8. The molecule has 6 nitrogen and oxygen atoms in total. The topological polar surface area (TPSA) is 59.7 Å². The SMILES string of the molecule is COc1cccc(CC(=O)N2CCCCC2c2ccn3nccc3n2)c1. The van der Waals surface area contributed by atoms with Crippen LogP contribution in [0.15, 0.2) is 48.8 Å². The number of methoxy groups -OCH3 is 1. The summed E-state index contributed by atoms with van der Waals surface area (Å²) in [5, 5.41) is 4.19. The average Bonchev–Trinajstić information content (AvgIpc) is 3.16. The van der Waals surface area contributed by atoms with E-state index < -0.39 is 0 Å². The maximum atomic E-state index is 13.0. The fourth-order valence-corrected chi connectivity index (χ4v) is 3.61. The second-order valence-electron chi connectivity index (χ2n) is 6.61. The van der Waals surface area contributed by atoms with Gasteiger partial charge in [0.2, 0.25) is 5.91 Å². The summed E-state index contributed by atoms with van der Waals surface area (Å²) in [4.78, 5) is 19.7. The number of aromatic nitrogens is 3. The molecule has 1 unspecified atom stereocenters. The zero-order valence-corrected chi connectivity index (χ0v) is 14.8. The summed E-state index contributed by atoms with van der Waals surface area (Å²) in [6.07, 6.45) is 7.12. The van der Waals surface area contributed by atoms with E-state index in [1.165, 1.54) is 0 Å². The smallest absolute Gasteiger partial charge is 0.227 e. The number of rotatable bonds is 4. The molecule has 3 aromatic rings. The van der Waals surface area contributed by atoms with Crippen molar-refractivity contribution in [3.8, 4) is 5.75 Å². The molecule has 0 spiro atoms. The van der Waals surface area contributed by atoms with E-state index in [0.717, 1.165) is 48.5 Å². The summed E-state index contributed by atoms with van der Waals surface area (Å²) in [6.45, 7) is 0.777. The van der Waals surface area contributed by atoms with Gasteiger partial charge in [0.15, 0.2) is 5.65 Å². The molecule has 0 saturated carbocycles. The third-order valence-corrected chi connectivity index (χ3v) is 4.93. The van der Waals surface area contributed by atoms with Crippen molar-refractivity contribution in [2.45, 2.75) is 31.7 Å². The fourth-order valence-electron chi connectivity index (χ4n) is 3.61. The molecule has 3 heterocycles. The minimum atomic E-state index is 0.0294. The molecular weight excluding hydrogens is 328 g/mol. The highest BCUT2D eigenvalue weighted by molar-refractivity contribution is 5.79. The van der Waals surface area contributed by atoms with Crippen LogP contribution in [0.5, 0.6) is 5.75 Å². The van der Waals surface area contributed by atoms with E-state index in [9.17, 15) is 4.79 Å². The van der Waals surface area contributed by atoms with E-state index in [1.807, 2.05) is 47.5 Å². The normalized spacial score (nSPS) is 17.4. The van der Waals surface area contributed by atoms with Gasteiger partial charge in [-0.2, -0.15) is 5.10 Å². The van der Waals surface area contributed by atoms with E-state index in [4.69, 9.17) is 9.72 Å². The zero-order chi connectivity index (χ0) is 17.9. The molecule has 0 bridgehead atoms. The molecule has 1 amide bonds. The van der Waals surface area contributed by atoms with E-state index in [-0.39, 0.29) is 11.9 Å². The molecule has 2 aromatic heterocycles. The maximum Gasteiger partial charge on any atom is 0.227 e. The standard InChI is InChI=1S/C20H22N4O2/c1-26-16-6-4-5-15(13-16)14-20(25)23-11-3-2-7-18(23)17-9-12-24-19(22-17)8-10-21-24/h4-6,8-10,12-13,18H,2-3,7,11,14H2,1H3. The molecule has 0 N–H and O–H groups in total. The number of hydrogen-bond acceptors (Lipinski definition) is 4. The van der Waals surface area contributed by atoms with Crippen molar-refractivity contribution < 1.29 is 9.53 Å². The van der Waals surface area contributed by atoms with Gasteiger partial charge in [0, 0.05) is 18.8 Å². The van der Waals surface area contributed by atoms with Crippen molar-refractivity contribution in [1.29, 1.82) is 0 Å². The Morgan fingerprint density at radius 3 is 3.08 bits per heavy atom. The van der Waals surface area contributed by atoms with Gasteiger partial charge in [0.1, 0.15) is 5.75 Å². The van der Waals surface area contributed by atoms with Gasteiger partial charge in [-0.25, -0.2) is 9.50 Å². The molecule has 26 heavy (non-hydrogen) atoms. The number of carbonyl (C=O) groups is 1. The Bertz CT molecular complexity index is 921. The average molecular weight is 350 g/mol. The van der Waals surface area contributed by atoms with Crippen molar-refractivity contribution in [3.63, 3.8) is 0 Å². The number of benzene rings is 1. The summed E-state index contributed by atoms with van der Waals surface area (Å²) in [5.74, 6) is 0.913. The van der Waals surface area contributed by atoms with Crippen molar-refractivity contribution in [2.24, 2.45) is 0 Å². The van der Waals surface area contributed by atoms with Gasteiger partial charge in [0.25, 0.3) is 0 Å². The molecule has 1 aromatic carbocycles. The number of fused-ring (bicyclic) bond motifs is 1. The summed E-state index contributed by atoms with van der Waals surface area (Å²) in [6, 6.07) is 11.6. The molecule has 1 fully saturated rings.